The SMILES string of the molecule is Cc1ccc(CNC(=O)C(=O)NN2CCN(C)CC2)cc1. The highest BCUT2D eigenvalue weighted by Gasteiger charge is 2.19. The highest BCUT2D eigenvalue weighted by molar-refractivity contribution is 6.34. The number of hydrogen-bond acceptors (Lipinski definition) is 4. The Morgan fingerprint density at radius 1 is 1.05 bits per heavy atom. The Bertz CT molecular complexity index is 493. The van der Waals surface area contributed by atoms with Crippen LogP contribution in [0.1, 0.15) is 11.1 Å². The fourth-order valence-corrected chi connectivity index (χ4v) is 2.08. The number of aryl methyl sites for hydroxylation is 1. The fourth-order valence-electron chi connectivity index (χ4n) is 2.08. The van der Waals surface area contributed by atoms with E-state index in [0.717, 1.165) is 37.3 Å². The Labute approximate surface area is 125 Å². The average molecular weight is 290 g/mol. The summed E-state index contributed by atoms with van der Waals surface area (Å²) in [6.45, 7) is 5.58. The fraction of sp³-hybridized carbons (Fsp3) is 0.467. The highest BCUT2D eigenvalue weighted by Crippen LogP contribution is 2.02. The van der Waals surface area contributed by atoms with Crippen LogP contribution in [0.2, 0.25) is 0 Å². The van der Waals surface area contributed by atoms with Crippen LogP contribution in [0, 0.1) is 6.92 Å². The van der Waals surface area contributed by atoms with Crippen LogP contribution in [0.15, 0.2) is 24.3 Å². The average Bonchev–Trinajstić information content (AvgIpc) is 2.48. The Balaban J connectivity index is 1.75. The number of benzene rings is 1. The predicted molar refractivity (Wildman–Crippen MR) is 80.2 cm³/mol. The lowest BCUT2D eigenvalue weighted by molar-refractivity contribution is -0.142. The smallest absolute Gasteiger partial charge is 0.323 e. The normalized spacial score (nSPS) is 16.5. The molecule has 2 amide bonds. The summed E-state index contributed by atoms with van der Waals surface area (Å²) in [5.41, 5.74) is 4.78. The van der Waals surface area contributed by atoms with Gasteiger partial charge in [0.2, 0.25) is 0 Å². The molecule has 1 aliphatic heterocycles. The topological polar surface area (TPSA) is 64.7 Å². The molecule has 0 radical (unpaired) electrons. The van der Waals surface area contributed by atoms with Crippen molar-refractivity contribution in [3.63, 3.8) is 0 Å². The molecular weight excluding hydrogens is 268 g/mol. The Kier molecular flexibility index (Phi) is 5.30. The Hall–Kier alpha value is -1.92. The van der Waals surface area contributed by atoms with Crippen molar-refractivity contribution in [2.24, 2.45) is 0 Å². The van der Waals surface area contributed by atoms with Crippen LogP contribution in [-0.4, -0.2) is 54.9 Å². The summed E-state index contributed by atoms with van der Waals surface area (Å²) in [5.74, 6) is -1.21. The summed E-state index contributed by atoms with van der Waals surface area (Å²) >= 11 is 0. The van der Waals surface area contributed by atoms with E-state index in [1.165, 1.54) is 0 Å². The summed E-state index contributed by atoms with van der Waals surface area (Å²) in [6, 6.07) is 7.83. The van der Waals surface area contributed by atoms with Gasteiger partial charge in [0.1, 0.15) is 0 Å². The number of amides is 2. The molecule has 0 bridgehead atoms. The van der Waals surface area contributed by atoms with E-state index >= 15 is 0 Å². The van der Waals surface area contributed by atoms with Crippen molar-refractivity contribution in [1.82, 2.24) is 20.7 Å². The van der Waals surface area contributed by atoms with Crippen molar-refractivity contribution in [2.45, 2.75) is 13.5 Å². The van der Waals surface area contributed by atoms with Crippen molar-refractivity contribution in [1.29, 1.82) is 0 Å². The molecular formula is C15H22N4O2. The molecule has 0 unspecified atom stereocenters. The van der Waals surface area contributed by atoms with E-state index in [0.29, 0.717) is 6.54 Å². The lowest BCUT2D eigenvalue weighted by Crippen LogP contribution is -2.55. The molecule has 1 aromatic carbocycles. The summed E-state index contributed by atoms with van der Waals surface area (Å²) in [7, 11) is 2.04. The third-order valence-electron chi connectivity index (χ3n) is 3.54. The maximum absolute atomic E-state index is 11.8. The zero-order valence-corrected chi connectivity index (χ0v) is 12.6. The maximum Gasteiger partial charge on any atom is 0.323 e. The van der Waals surface area contributed by atoms with Gasteiger partial charge >= 0.3 is 11.8 Å². The Morgan fingerprint density at radius 3 is 2.29 bits per heavy atom. The van der Waals surface area contributed by atoms with Crippen molar-refractivity contribution in [3.8, 4) is 0 Å². The number of piperazine rings is 1. The number of likely N-dealkylation sites (N-methyl/N-ethyl adjacent to an activating group) is 1. The first-order chi connectivity index (χ1) is 10.0. The minimum Gasteiger partial charge on any atom is -0.344 e. The zero-order valence-electron chi connectivity index (χ0n) is 12.6. The molecule has 1 aliphatic rings. The number of hydrogen-bond donors (Lipinski definition) is 2. The van der Waals surface area contributed by atoms with Gasteiger partial charge in [-0.25, -0.2) is 5.01 Å². The molecule has 1 heterocycles. The van der Waals surface area contributed by atoms with Gasteiger partial charge in [0.25, 0.3) is 0 Å². The second-order valence-corrected chi connectivity index (χ2v) is 5.40. The van der Waals surface area contributed by atoms with E-state index in [1.807, 2.05) is 38.2 Å². The van der Waals surface area contributed by atoms with E-state index < -0.39 is 11.8 Å². The van der Waals surface area contributed by atoms with Crippen molar-refractivity contribution < 1.29 is 9.59 Å². The van der Waals surface area contributed by atoms with Crippen LogP contribution in [-0.2, 0) is 16.1 Å². The second-order valence-electron chi connectivity index (χ2n) is 5.40. The van der Waals surface area contributed by atoms with Crippen molar-refractivity contribution in [2.75, 3.05) is 33.2 Å². The summed E-state index contributed by atoms with van der Waals surface area (Å²) in [5, 5.41) is 4.41. The molecule has 0 aliphatic carbocycles. The van der Waals surface area contributed by atoms with E-state index in [4.69, 9.17) is 0 Å². The van der Waals surface area contributed by atoms with E-state index in [-0.39, 0.29) is 0 Å². The number of carbonyl (C=O) groups is 2. The molecule has 6 heteroatoms. The summed E-state index contributed by atoms with van der Waals surface area (Å²) < 4.78 is 0. The quantitative estimate of drug-likeness (QED) is 0.763. The van der Waals surface area contributed by atoms with Crippen LogP contribution < -0.4 is 10.7 Å². The molecule has 0 atom stereocenters. The molecule has 2 rings (SSSR count). The van der Waals surface area contributed by atoms with E-state index in [2.05, 4.69) is 15.6 Å². The third-order valence-corrected chi connectivity index (χ3v) is 3.54. The van der Waals surface area contributed by atoms with Gasteiger partial charge in [-0.3, -0.25) is 15.0 Å². The molecule has 0 spiro atoms. The van der Waals surface area contributed by atoms with Crippen molar-refractivity contribution >= 4 is 11.8 Å². The van der Waals surface area contributed by atoms with Gasteiger partial charge in [-0.1, -0.05) is 29.8 Å². The largest absolute Gasteiger partial charge is 0.344 e. The van der Waals surface area contributed by atoms with Crippen LogP contribution in [0.4, 0.5) is 0 Å². The molecule has 114 valence electrons. The van der Waals surface area contributed by atoms with Crippen LogP contribution in [0.5, 0.6) is 0 Å². The first-order valence-electron chi connectivity index (χ1n) is 7.12. The first kappa shape index (κ1) is 15.5. The molecule has 2 N–H and O–H groups in total. The molecule has 1 aromatic rings. The minimum atomic E-state index is -0.605. The zero-order chi connectivity index (χ0) is 15.2. The molecule has 0 aromatic heterocycles. The summed E-state index contributed by atoms with van der Waals surface area (Å²) in [6.07, 6.45) is 0. The van der Waals surface area contributed by atoms with E-state index in [9.17, 15) is 9.59 Å². The van der Waals surface area contributed by atoms with Crippen LogP contribution in [0.3, 0.4) is 0 Å². The number of hydrazine groups is 1. The molecule has 6 nitrogen and oxygen atoms in total. The van der Waals surface area contributed by atoms with Crippen LogP contribution in [0.25, 0.3) is 0 Å². The van der Waals surface area contributed by atoms with Gasteiger partial charge in [-0.15, -0.1) is 0 Å². The monoisotopic (exact) mass is 290 g/mol. The van der Waals surface area contributed by atoms with Gasteiger partial charge in [0.05, 0.1) is 0 Å². The first-order valence-corrected chi connectivity index (χ1v) is 7.12. The van der Waals surface area contributed by atoms with Gasteiger partial charge < -0.3 is 10.2 Å². The van der Waals surface area contributed by atoms with Gasteiger partial charge in [-0.2, -0.15) is 0 Å². The number of nitrogens with one attached hydrogen (secondary N) is 2. The Morgan fingerprint density at radius 2 is 1.67 bits per heavy atom. The third kappa shape index (κ3) is 4.84. The molecule has 0 saturated carbocycles. The highest BCUT2D eigenvalue weighted by atomic mass is 16.2. The van der Waals surface area contributed by atoms with Gasteiger partial charge in [0.15, 0.2) is 0 Å². The van der Waals surface area contributed by atoms with E-state index in [1.54, 1.807) is 5.01 Å². The lowest BCUT2D eigenvalue weighted by Gasteiger charge is -2.32. The summed E-state index contributed by atoms with van der Waals surface area (Å²) in [4.78, 5) is 25.7. The molecule has 1 fully saturated rings. The predicted octanol–water partition coefficient (Wildman–Crippen LogP) is -0.110. The maximum atomic E-state index is 11.8. The van der Waals surface area contributed by atoms with Gasteiger partial charge in [-0.05, 0) is 19.5 Å². The van der Waals surface area contributed by atoms with Crippen LogP contribution >= 0.6 is 0 Å². The number of rotatable bonds is 3. The lowest BCUT2D eigenvalue weighted by atomic mass is 10.1. The van der Waals surface area contributed by atoms with Crippen molar-refractivity contribution in [3.05, 3.63) is 35.4 Å². The number of carbonyl (C=O) groups excluding carboxylic acids is 2. The minimum absolute atomic E-state index is 0.356. The standard InChI is InChI=1S/C15H22N4O2/c1-12-3-5-13(6-4-12)11-16-14(20)15(21)17-19-9-7-18(2)8-10-19/h3-6H,7-11H2,1-2H3,(H,16,20)(H,17,21). The number of nitrogens with zero attached hydrogens (tertiary/aromatic N) is 2. The molecule has 1 saturated heterocycles. The molecule has 21 heavy (non-hydrogen) atoms. The van der Waals surface area contributed by atoms with Gasteiger partial charge in [0, 0.05) is 32.7 Å². The second kappa shape index (κ2) is 7.19.